The number of rotatable bonds is 4. The highest BCUT2D eigenvalue weighted by molar-refractivity contribution is 5.96. The number of nitrogens with zero attached hydrogens (tertiary/aromatic N) is 1. The van der Waals surface area contributed by atoms with Gasteiger partial charge in [0.15, 0.2) is 0 Å². The van der Waals surface area contributed by atoms with Crippen LogP contribution in [0, 0.1) is 11.8 Å². The Morgan fingerprint density at radius 1 is 1.29 bits per heavy atom. The van der Waals surface area contributed by atoms with Crippen molar-refractivity contribution in [3.8, 4) is 0 Å². The van der Waals surface area contributed by atoms with Crippen molar-refractivity contribution in [1.82, 2.24) is 10.2 Å². The van der Waals surface area contributed by atoms with Crippen molar-refractivity contribution in [2.75, 3.05) is 6.54 Å². The van der Waals surface area contributed by atoms with E-state index in [9.17, 15) is 9.59 Å². The second kappa shape index (κ2) is 5.52. The minimum absolute atomic E-state index is 0.0356. The molecule has 4 nitrogen and oxygen atoms in total. The third-order valence-corrected chi connectivity index (χ3v) is 3.57. The fourth-order valence-corrected chi connectivity index (χ4v) is 2.01. The van der Waals surface area contributed by atoms with E-state index in [1.54, 1.807) is 11.8 Å². The fraction of sp³-hybridized carbons (Fsp3) is 0.846. The minimum Gasteiger partial charge on any atom is -0.342 e. The molecule has 1 aliphatic heterocycles. The van der Waals surface area contributed by atoms with Crippen LogP contribution in [0.15, 0.2) is 0 Å². The SMILES string of the molecule is CCC(C)CN1C(=O)C(C(C)C)NC(=O)C1C. The van der Waals surface area contributed by atoms with Crippen LogP contribution in [0.5, 0.6) is 0 Å². The van der Waals surface area contributed by atoms with Crippen molar-refractivity contribution in [3.63, 3.8) is 0 Å². The van der Waals surface area contributed by atoms with E-state index >= 15 is 0 Å². The molecule has 1 fully saturated rings. The third kappa shape index (κ3) is 2.99. The van der Waals surface area contributed by atoms with Crippen LogP contribution in [0.2, 0.25) is 0 Å². The molecule has 0 aliphatic carbocycles. The third-order valence-electron chi connectivity index (χ3n) is 3.57. The van der Waals surface area contributed by atoms with Crippen molar-refractivity contribution in [1.29, 1.82) is 0 Å². The predicted octanol–water partition coefficient (Wildman–Crippen LogP) is 1.40. The molecule has 1 rings (SSSR count). The van der Waals surface area contributed by atoms with Gasteiger partial charge in [-0.3, -0.25) is 9.59 Å². The van der Waals surface area contributed by atoms with Crippen molar-refractivity contribution in [2.45, 2.75) is 53.1 Å². The molecule has 1 N–H and O–H groups in total. The van der Waals surface area contributed by atoms with Crippen LogP contribution < -0.4 is 5.32 Å². The van der Waals surface area contributed by atoms with Gasteiger partial charge in [0.2, 0.25) is 11.8 Å². The largest absolute Gasteiger partial charge is 0.342 e. The maximum absolute atomic E-state index is 12.3. The van der Waals surface area contributed by atoms with Gasteiger partial charge in [0.05, 0.1) is 0 Å². The minimum atomic E-state index is -0.359. The lowest BCUT2D eigenvalue weighted by Gasteiger charge is -2.39. The van der Waals surface area contributed by atoms with E-state index in [0.29, 0.717) is 12.5 Å². The van der Waals surface area contributed by atoms with Gasteiger partial charge >= 0.3 is 0 Å². The van der Waals surface area contributed by atoms with Crippen LogP contribution in [0.25, 0.3) is 0 Å². The monoisotopic (exact) mass is 240 g/mol. The van der Waals surface area contributed by atoms with Crippen molar-refractivity contribution in [2.24, 2.45) is 11.8 Å². The predicted molar refractivity (Wildman–Crippen MR) is 67.4 cm³/mol. The van der Waals surface area contributed by atoms with Gasteiger partial charge in [-0.15, -0.1) is 0 Å². The Bertz CT molecular complexity index is 302. The number of hydrogen-bond donors (Lipinski definition) is 1. The molecule has 2 amide bonds. The summed E-state index contributed by atoms with van der Waals surface area (Å²) >= 11 is 0. The average Bonchev–Trinajstić information content (AvgIpc) is 2.28. The first-order valence-electron chi connectivity index (χ1n) is 6.49. The van der Waals surface area contributed by atoms with Gasteiger partial charge in [-0.1, -0.05) is 34.1 Å². The van der Waals surface area contributed by atoms with E-state index in [0.717, 1.165) is 6.42 Å². The second-order valence-electron chi connectivity index (χ2n) is 5.41. The molecular weight excluding hydrogens is 216 g/mol. The summed E-state index contributed by atoms with van der Waals surface area (Å²) in [5, 5.41) is 2.81. The van der Waals surface area contributed by atoms with Crippen LogP contribution in [0.3, 0.4) is 0 Å². The van der Waals surface area contributed by atoms with Gasteiger partial charge in [-0.05, 0) is 18.8 Å². The summed E-state index contributed by atoms with van der Waals surface area (Å²) in [5.74, 6) is 0.595. The van der Waals surface area contributed by atoms with Gasteiger partial charge in [0.1, 0.15) is 12.1 Å². The van der Waals surface area contributed by atoms with Gasteiger partial charge in [0, 0.05) is 6.54 Å². The molecule has 0 spiro atoms. The summed E-state index contributed by atoms with van der Waals surface area (Å²) in [6, 6.07) is -0.700. The highest BCUT2D eigenvalue weighted by atomic mass is 16.2. The molecule has 4 heteroatoms. The molecule has 0 aromatic heterocycles. The fourth-order valence-electron chi connectivity index (χ4n) is 2.01. The average molecular weight is 240 g/mol. The van der Waals surface area contributed by atoms with E-state index in [-0.39, 0.29) is 29.8 Å². The molecule has 0 saturated carbocycles. The maximum atomic E-state index is 12.3. The Balaban J connectivity index is 2.84. The first-order chi connectivity index (χ1) is 7.88. The van der Waals surface area contributed by atoms with Gasteiger partial charge in [0.25, 0.3) is 0 Å². The summed E-state index contributed by atoms with van der Waals surface area (Å²) in [6.45, 7) is 10.6. The molecule has 17 heavy (non-hydrogen) atoms. The first kappa shape index (κ1) is 14.0. The lowest BCUT2D eigenvalue weighted by atomic mass is 9.97. The summed E-state index contributed by atoms with van der Waals surface area (Å²) in [6.07, 6.45) is 1.02. The molecule has 0 aromatic rings. The zero-order valence-electron chi connectivity index (χ0n) is 11.5. The zero-order chi connectivity index (χ0) is 13.2. The van der Waals surface area contributed by atoms with Gasteiger partial charge in [-0.25, -0.2) is 0 Å². The van der Waals surface area contributed by atoms with E-state index in [4.69, 9.17) is 0 Å². The number of nitrogens with one attached hydrogen (secondary N) is 1. The Hall–Kier alpha value is -1.06. The van der Waals surface area contributed by atoms with Crippen LogP contribution in [0.1, 0.15) is 41.0 Å². The summed E-state index contributed by atoms with van der Waals surface area (Å²) < 4.78 is 0. The van der Waals surface area contributed by atoms with Crippen LogP contribution in [-0.4, -0.2) is 35.3 Å². The topological polar surface area (TPSA) is 49.4 Å². The number of amides is 2. The Kier molecular flexibility index (Phi) is 4.54. The normalized spacial score (nSPS) is 27.3. The quantitative estimate of drug-likeness (QED) is 0.807. The van der Waals surface area contributed by atoms with E-state index in [2.05, 4.69) is 19.2 Å². The molecule has 0 aromatic carbocycles. The van der Waals surface area contributed by atoms with Gasteiger partial charge in [-0.2, -0.15) is 0 Å². The maximum Gasteiger partial charge on any atom is 0.246 e. The zero-order valence-corrected chi connectivity index (χ0v) is 11.5. The summed E-state index contributed by atoms with van der Waals surface area (Å²) in [5.41, 5.74) is 0. The Labute approximate surface area is 104 Å². The number of carbonyl (C=O) groups excluding carboxylic acids is 2. The highest BCUT2D eigenvalue weighted by Gasteiger charge is 2.39. The molecule has 0 bridgehead atoms. The molecule has 98 valence electrons. The number of carbonyl (C=O) groups is 2. The van der Waals surface area contributed by atoms with Gasteiger partial charge < -0.3 is 10.2 Å². The van der Waals surface area contributed by atoms with Crippen molar-refractivity contribution in [3.05, 3.63) is 0 Å². The molecule has 3 unspecified atom stereocenters. The molecule has 1 aliphatic rings. The van der Waals surface area contributed by atoms with Crippen LogP contribution in [-0.2, 0) is 9.59 Å². The van der Waals surface area contributed by atoms with Crippen molar-refractivity contribution < 1.29 is 9.59 Å². The molecule has 1 heterocycles. The van der Waals surface area contributed by atoms with E-state index in [1.807, 2.05) is 13.8 Å². The number of piperazine rings is 1. The van der Waals surface area contributed by atoms with E-state index < -0.39 is 0 Å². The Morgan fingerprint density at radius 3 is 2.35 bits per heavy atom. The summed E-state index contributed by atoms with van der Waals surface area (Å²) in [4.78, 5) is 25.8. The lowest BCUT2D eigenvalue weighted by Crippen LogP contribution is -2.64. The molecule has 0 radical (unpaired) electrons. The second-order valence-corrected chi connectivity index (χ2v) is 5.41. The molecular formula is C13H24N2O2. The van der Waals surface area contributed by atoms with Crippen LogP contribution >= 0.6 is 0 Å². The number of hydrogen-bond acceptors (Lipinski definition) is 2. The molecule has 3 atom stereocenters. The lowest BCUT2D eigenvalue weighted by molar-refractivity contribution is -0.150. The molecule has 1 saturated heterocycles. The highest BCUT2D eigenvalue weighted by Crippen LogP contribution is 2.17. The van der Waals surface area contributed by atoms with Crippen molar-refractivity contribution >= 4 is 11.8 Å². The first-order valence-corrected chi connectivity index (χ1v) is 6.49. The summed E-state index contributed by atoms with van der Waals surface area (Å²) in [7, 11) is 0. The van der Waals surface area contributed by atoms with Crippen LogP contribution in [0.4, 0.5) is 0 Å². The Morgan fingerprint density at radius 2 is 1.88 bits per heavy atom. The van der Waals surface area contributed by atoms with E-state index in [1.165, 1.54) is 0 Å². The smallest absolute Gasteiger partial charge is 0.246 e. The standard InChI is InChI=1S/C13H24N2O2/c1-6-9(4)7-15-10(5)12(16)14-11(8(2)3)13(15)17/h8-11H,6-7H2,1-5H3,(H,14,16).